The molecule has 1 aromatic heterocycles. The van der Waals surface area contributed by atoms with Gasteiger partial charge in [-0.15, -0.1) is 0 Å². The summed E-state index contributed by atoms with van der Waals surface area (Å²) in [5.74, 6) is 1.84. The van der Waals surface area contributed by atoms with Crippen LogP contribution >= 0.6 is 0 Å². The first-order chi connectivity index (χ1) is 12.0. The minimum Gasteiger partial charge on any atom is -0.493 e. The van der Waals surface area contributed by atoms with Crippen molar-refractivity contribution < 1.29 is 22.8 Å². The predicted molar refractivity (Wildman–Crippen MR) is 86.6 cm³/mol. The summed E-state index contributed by atoms with van der Waals surface area (Å²) in [5.41, 5.74) is 0.612. The number of likely N-dealkylation sites (tertiary alicyclic amines) is 1. The zero-order chi connectivity index (χ0) is 17.8. The number of aromatic nitrogens is 2. The largest absolute Gasteiger partial charge is 0.493 e. The molecule has 3 rings (SSSR count). The first-order valence-electron chi connectivity index (χ1n) is 8.23. The van der Waals surface area contributed by atoms with E-state index in [1.54, 1.807) is 12.1 Å². The van der Waals surface area contributed by atoms with Crippen molar-refractivity contribution in [3.8, 4) is 22.9 Å². The zero-order valence-corrected chi connectivity index (χ0v) is 14.2. The van der Waals surface area contributed by atoms with E-state index in [9.17, 15) is 8.78 Å². The second-order valence-electron chi connectivity index (χ2n) is 6.21. The molecule has 25 heavy (non-hydrogen) atoms. The molecule has 0 amide bonds. The molecule has 2 heterocycles. The van der Waals surface area contributed by atoms with Crippen molar-refractivity contribution >= 4 is 0 Å². The van der Waals surface area contributed by atoms with Gasteiger partial charge >= 0.3 is 6.61 Å². The Morgan fingerprint density at radius 2 is 2.04 bits per heavy atom. The third-order valence-electron chi connectivity index (χ3n) is 4.34. The first-order valence-corrected chi connectivity index (χ1v) is 8.23. The molecule has 0 N–H and O–H groups in total. The topological polar surface area (TPSA) is 60.6 Å². The van der Waals surface area contributed by atoms with E-state index in [0.717, 1.165) is 19.0 Å². The predicted octanol–water partition coefficient (Wildman–Crippen LogP) is 3.58. The molecule has 0 saturated carbocycles. The number of ether oxygens (including phenoxy) is 2. The Labute approximate surface area is 144 Å². The molecule has 1 aliphatic heterocycles. The van der Waals surface area contributed by atoms with Crippen molar-refractivity contribution in [3.05, 3.63) is 24.1 Å². The lowest BCUT2D eigenvalue weighted by molar-refractivity contribution is -0.0512. The van der Waals surface area contributed by atoms with Crippen molar-refractivity contribution in [2.24, 2.45) is 5.92 Å². The zero-order valence-electron chi connectivity index (χ0n) is 14.2. The van der Waals surface area contributed by atoms with Crippen LogP contribution in [0.2, 0.25) is 0 Å². The highest BCUT2D eigenvalue weighted by atomic mass is 19.3. The van der Waals surface area contributed by atoms with E-state index in [-0.39, 0.29) is 11.5 Å². The number of benzene rings is 1. The van der Waals surface area contributed by atoms with E-state index in [4.69, 9.17) is 9.26 Å². The third-order valence-corrected chi connectivity index (χ3v) is 4.34. The minimum atomic E-state index is -2.91. The molecule has 2 aromatic rings. The summed E-state index contributed by atoms with van der Waals surface area (Å²) < 4.78 is 39.6. The molecule has 1 aliphatic rings. The van der Waals surface area contributed by atoms with Crippen LogP contribution in [0.25, 0.3) is 11.4 Å². The van der Waals surface area contributed by atoms with Crippen LogP contribution in [0.1, 0.15) is 25.7 Å². The molecule has 0 atom stereocenters. The van der Waals surface area contributed by atoms with Crippen LogP contribution in [0, 0.1) is 5.92 Å². The van der Waals surface area contributed by atoms with E-state index in [1.807, 2.05) is 0 Å². The molecule has 6 nitrogen and oxygen atoms in total. The molecule has 1 saturated heterocycles. The van der Waals surface area contributed by atoms with E-state index in [1.165, 1.54) is 26.0 Å². The number of hydrogen-bond donors (Lipinski definition) is 0. The fraction of sp³-hybridized carbons (Fsp3) is 0.529. The Morgan fingerprint density at radius 3 is 2.72 bits per heavy atom. The van der Waals surface area contributed by atoms with Crippen LogP contribution in [-0.2, 0) is 6.54 Å². The van der Waals surface area contributed by atoms with Gasteiger partial charge in [0, 0.05) is 5.56 Å². The Balaban J connectivity index is 1.71. The monoisotopic (exact) mass is 353 g/mol. The maximum absolute atomic E-state index is 12.4. The van der Waals surface area contributed by atoms with Gasteiger partial charge in [-0.2, -0.15) is 13.8 Å². The smallest absolute Gasteiger partial charge is 0.387 e. The normalized spacial score (nSPS) is 16.4. The minimum absolute atomic E-state index is 0.0348. The summed E-state index contributed by atoms with van der Waals surface area (Å²) in [4.78, 5) is 6.68. The number of halogens is 2. The Morgan fingerprint density at radius 1 is 1.28 bits per heavy atom. The Kier molecular flexibility index (Phi) is 5.47. The van der Waals surface area contributed by atoms with Crippen LogP contribution in [0.4, 0.5) is 8.78 Å². The lowest BCUT2D eigenvalue weighted by Gasteiger charge is -2.28. The fourth-order valence-electron chi connectivity index (χ4n) is 2.85. The number of piperidine rings is 1. The molecule has 1 aromatic carbocycles. The lowest BCUT2D eigenvalue weighted by atomic mass is 9.99. The number of nitrogens with zero attached hydrogens (tertiary/aromatic N) is 3. The van der Waals surface area contributed by atoms with Crippen LogP contribution in [0.15, 0.2) is 22.7 Å². The van der Waals surface area contributed by atoms with Crippen LogP contribution in [0.5, 0.6) is 11.5 Å². The first kappa shape index (κ1) is 17.6. The number of alkyl halides is 2. The van der Waals surface area contributed by atoms with Gasteiger partial charge in [-0.05, 0) is 50.0 Å². The van der Waals surface area contributed by atoms with E-state index in [2.05, 4.69) is 26.7 Å². The van der Waals surface area contributed by atoms with Gasteiger partial charge in [0.05, 0.1) is 13.7 Å². The van der Waals surface area contributed by atoms with Crippen LogP contribution in [-0.4, -0.2) is 41.9 Å². The molecule has 1 fully saturated rings. The van der Waals surface area contributed by atoms with Crippen molar-refractivity contribution in [1.29, 1.82) is 0 Å². The lowest BCUT2D eigenvalue weighted by Crippen LogP contribution is -2.32. The molecule has 0 spiro atoms. The fourth-order valence-corrected chi connectivity index (χ4v) is 2.85. The van der Waals surface area contributed by atoms with Gasteiger partial charge in [0.2, 0.25) is 11.7 Å². The summed E-state index contributed by atoms with van der Waals surface area (Å²) in [6.07, 6.45) is 2.34. The number of hydrogen-bond acceptors (Lipinski definition) is 6. The summed E-state index contributed by atoms with van der Waals surface area (Å²) in [7, 11) is 1.39. The highest BCUT2D eigenvalue weighted by molar-refractivity contribution is 5.60. The summed E-state index contributed by atoms with van der Waals surface area (Å²) >= 11 is 0. The SMILES string of the molecule is COc1cc(-c2noc(CN3CCC(C)CC3)n2)ccc1OC(F)F. The third kappa shape index (κ3) is 4.45. The summed E-state index contributed by atoms with van der Waals surface area (Å²) in [5, 5.41) is 3.98. The second kappa shape index (κ2) is 7.77. The molecular formula is C17H21F2N3O3. The molecular weight excluding hydrogens is 332 g/mol. The van der Waals surface area contributed by atoms with E-state index in [0.29, 0.717) is 23.8 Å². The Bertz CT molecular complexity index is 700. The molecule has 0 unspecified atom stereocenters. The van der Waals surface area contributed by atoms with Gasteiger partial charge in [-0.3, -0.25) is 4.90 Å². The van der Waals surface area contributed by atoms with E-state index < -0.39 is 6.61 Å². The van der Waals surface area contributed by atoms with Gasteiger partial charge in [-0.25, -0.2) is 0 Å². The molecule has 8 heteroatoms. The van der Waals surface area contributed by atoms with Crippen molar-refractivity contribution in [2.45, 2.75) is 32.9 Å². The molecule has 0 aliphatic carbocycles. The van der Waals surface area contributed by atoms with E-state index >= 15 is 0 Å². The van der Waals surface area contributed by atoms with Crippen LogP contribution in [0.3, 0.4) is 0 Å². The molecule has 136 valence electrons. The van der Waals surface area contributed by atoms with Gasteiger partial charge < -0.3 is 14.0 Å². The standard InChI is InChI=1S/C17H21F2N3O3/c1-11-5-7-22(8-6-11)10-15-20-16(21-25-15)12-3-4-13(24-17(18)19)14(9-12)23-2/h3-4,9,11,17H,5-8,10H2,1-2H3. The van der Waals surface area contributed by atoms with Crippen molar-refractivity contribution in [2.75, 3.05) is 20.2 Å². The highest BCUT2D eigenvalue weighted by Crippen LogP contribution is 2.32. The average molecular weight is 353 g/mol. The quantitative estimate of drug-likeness (QED) is 0.791. The summed E-state index contributed by atoms with van der Waals surface area (Å²) in [6, 6.07) is 4.55. The number of methoxy groups -OCH3 is 1. The van der Waals surface area contributed by atoms with Gasteiger partial charge in [0.25, 0.3) is 0 Å². The van der Waals surface area contributed by atoms with Crippen molar-refractivity contribution in [3.63, 3.8) is 0 Å². The molecule has 0 radical (unpaired) electrons. The maximum atomic E-state index is 12.4. The second-order valence-corrected chi connectivity index (χ2v) is 6.21. The average Bonchev–Trinajstić information content (AvgIpc) is 3.05. The van der Waals surface area contributed by atoms with Gasteiger partial charge in [0.1, 0.15) is 0 Å². The highest BCUT2D eigenvalue weighted by Gasteiger charge is 2.19. The Hall–Kier alpha value is -2.22. The molecule has 0 bridgehead atoms. The van der Waals surface area contributed by atoms with Crippen LogP contribution < -0.4 is 9.47 Å². The maximum Gasteiger partial charge on any atom is 0.387 e. The van der Waals surface area contributed by atoms with Crippen molar-refractivity contribution in [1.82, 2.24) is 15.0 Å². The number of rotatable bonds is 6. The summed E-state index contributed by atoms with van der Waals surface area (Å²) in [6.45, 7) is 2.00. The van der Waals surface area contributed by atoms with Gasteiger partial charge in [-0.1, -0.05) is 12.1 Å². The van der Waals surface area contributed by atoms with Gasteiger partial charge in [0.15, 0.2) is 11.5 Å².